The van der Waals surface area contributed by atoms with Crippen molar-refractivity contribution in [2.24, 2.45) is 0 Å². The molecular formula is C24H32N6O2. The number of rotatable bonds is 9. The van der Waals surface area contributed by atoms with Crippen LogP contribution in [-0.4, -0.2) is 77.0 Å². The molecule has 32 heavy (non-hydrogen) atoms. The minimum Gasteiger partial charge on any atom is -0.493 e. The average Bonchev–Trinajstić information content (AvgIpc) is 3.31. The fraction of sp³-hybridized carbons (Fsp3) is 0.458. The van der Waals surface area contributed by atoms with E-state index >= 15 is 0 Å². The molecule has 2 heterocycles. The highest BCUT2D eigenvalue weighted by Gasteiger charge is 2.30. The van der Waals surface area contributed by atoms with Crippen molar-refractivity contribution in [2.45, 2.75) is 25.9 Å². The summed E-state index contributed by atoms with van der Waals surface area (Å²) in [5.74, 6) is 2.36. The first kappa shape index (κ1) is 22.2. The molecular weight excluding hydrogens is 404 g/mol. The van der Waals surface area contributed by atoms with E-state index in [0.29, 0.717) is 6.54 Å². The summed E-state index contributed by atoms with van der Waals surface area (Å²) in [7, 11) is 3.30. The number of ether oxygens (including phenoxy) is 2. The van der Waals surface area contributed by atoms with E-state index in [1.54, 1.807) is 14.2 Å². The predicted molar refractivity (Wildman–Crippen MR) is 123 cm³/mol. The van der Waals surface area contributed by atoms with Crippen LogP contribution >= 0.6 is 0 Å². The van der Waals surface area contributed by atoms with Crippen molar-refractivity contribution >= 4 is 0 Å². The standard InChI is InChI=1S/C24H32N6O2/c1-4-28-14-16-29(17-15-28)23(20-8-6-5-7-9-20)24-25-26-27-30(24)13-12-19-10-11-21(31-2)22(18-19)32-3/h5-11,18,23H,4,12-17H2,1-3H3/t23-/m1/s1. The molecule has 2 aromatic carbocycles. The number of tetrazole rings is 1. The molecule has 0 spiro atoms. The number of aryl methyl sites for hydroxylation is 2. The summed E-state index contributed by atoms with van der Waals surface area (Å²) in [6.07, 6.45) is 0.795. The Hall–Kier alpha value is -2.97. The molecule has 3 aromatic rings. The third-order valence-electron chi connectivity index (χ3n) is 6.20. The predicted octanol–water partition coefficient (Wildman–Crippen LogP) is 2.66. The van der Waals surface area contributed by atoms with Crippen LogP contribution in [0.25, 0.3) is 0 Å². The third kappa shape index (κ3) is 4.92. The molecule has 8 nitrogen and oxygen atoms in total. The van der Waals surface area contributed by atoms with E-state index in [1.165, 1.54) is 5.56 Å². The smallest absolute Gasteiger partial charge is 0.173 e. The molecule has 0 saturated carbocycles. The fourth-order valence-corrected chi connectivity index (χ4v) is 4.33. The Labute approximate surface area is 189 Å². The zero-order valence-corrected chi connectivity index (χ0v) is 19.1. The van der Waals surface area contributed by atoms with Gasteiger partial charge in [-0.2, -0.15) is 0 Å². The number of nitrogens with zero attached hydrogens (tertiary/aromatic N) is 6. The van der Waals surface area contributed by atoms with Gasteiger partial charge in [0.15, 0.2) is 17.3 Å². The summed E-state index contributed by atoms with van der Waals surface area (Å²) in [4.78, 5) is 4.98. The molecule has 0 N–H and O–H groups in total. The molecule has 1 aliphatic rings. The van der Waals surface area contributed by atoms with E-state index in [9.17, 15) is 0 Å². The normalized spacial score (nSPS) is 16.1. The van der Waals surface area contributed by atoms with Crippen LogP contribution in [0, 0.1) is 0 Å². The molecule has 1 aliphatic heterocycles. The van der Waals surface area contributed by atoms with E-state index in [1.807, 2.05) is 16.8 Å². The lowest BCUT2D eigenvalue weighted by atomic mass is 10.0. The summed E-state index contributed by atoms with van der Waals surface area (Å²) < 4.78 is 12.7. The largest absolute Gasteiger partial charge is 0.493 e. The van der Waals surface area contributed by atoms with E-state index < -0.39 is 0 Å². The Morgan fingerprint density at radius 1 is 0.938 bits per heavy atom. The van der Waals surface area contributed by atoms with Gasteiger partial charge >= 0.3 is 0 Å². The molecule has 0 unspecified atom stereocenters. The fourth-order valence-electron chi connectivity index (χ4n) is 4.33. The highest BCUT2D eigenvalue weighted by molar-refractivity contribution is 5.42. The van der Waals surface area contributed by atoms with Gasteiger partial charge in [0, 0.05) is 32.7 Å². The van der Waals surface area contributed by atoms with Crippen molar-refractivity contribution in [3.63, 3.8) is 0 Å². The quantitative estimate of drug-likeness (QED) is 0.511. The average molecular weight is 437 g/mol. The van der Waals surface area contributed by atoms with Crippen LogP contribution in [0.4, 0.5) is 0 Å². The Bertz CT molecular complexity index is 985. The molecule has 1 aromatic heterocycles. The van der Waals surface area contributed by atoms with Crippen molar-refractivity contribution in [3.8, 4) is 11.5 Å². The van der Waals surface area contributed by atoms with Crippen LogP contribution in [0.15, 0.2) is 48.5 Å². The lowest BCUT2D eigenvalue weighted by molar-refractivity contribution is 0.108. The molecule has 0 amide bonds. The van der Waals surface area contributed by atoms with Gasteiger partial charge < -0.3 is 14.4 Å². The second-order valence-electron chi connectivity index (χ2n) is 7.98. The zero-order chi connectivity index (χ0) is 22.3. The molecule has 0 radical (unpaired) electrons. The molecule has 1 fully saturated rings. The van der Waals surface area contributed by atoms with Crippen molar-refractivity contribution in [2.75, 3.05) is 46.9 Å². The molecule has 4 rings (SSSR count). The van der Waals surface area contributed by atoms with Crippen LogP contribution in [0.3, 0.4) is 0 Å². The maximum absolute atomic E-state index is 5.45. The van der Waals surface area contributed by atoms with Crippen LogP contribution in [-0.2, 0) is 13.0 Å². The van der Waals surface area contributed by atoms with Gasteiger partial charge in [0.05, 0.1) is 20.3 Å². The van der Waals surface area contributed by atoms with E-state index in [4.69, 9.17) is 9.47 Å². The van der Waals surface area contributed by atoms with Crippen molar-refractivity contribution < 1.29 is 9.47 Å². The lowest BCUT2D eigenvalue weighted by Gasteiger charge is -2.38. The Morgan fingerprint density at radius 3 is 2.38 bits per heavy atom. The van der Waals surface area contributed by atoms with Crippen LogP contribution in [0.2, 0.25) is 0 Å². The van der Waals surface area contributed by atoms with Crippen LogP contribution in [0.5, 0.6) is 11.5 Å². The van der Waals surface area contributed by atoms with E-state index in [2.05, 4.69) is 68.6 Å². The third-order valence-corrected chi connectivity index (χ3v) is 6.20. The first-order valence-corrected chi connectivity index (χ1v) is 11.2. The SMILES string of the molecule is CCN1CCN([C@H](c2ccccc2)c2nnnn2CCc2ccc(OC)c(OC)c2)CC1. The number of piperazine rings is 1. The number of likely N-dealkylation sites (N-methyl/N-ethyl adjacent to an activating group) is 1. The first-order chi connectivity index (χ1) is 15.7. The minimum atomic E-state index is 0.0376. The minimum absolute atomic E-state index is 0.0376. The second kappa shape index (κ2) is 10.6. The first-order valence-electron chi connectivity index (χ1n) is 11.2. The van der Waals surface area contributed by atoms with Crippen LogP contribution < -0.4 is 9.47 Å². The molecule has 8 heteroatoms. The van der Waals surface area contributed by atoms with Crippen molar-refractivity contribution in [1.82, 2.24) is 30.0 Å². The highest BCUT2D eigenvalue weighted by atomic mass is 16.5. The van der Waals surface area contributed by atoms with Gasteiger partial charge in [-0.1, -0.05) is 43.3 Å². The number of benzene rings is 2. The summed E-state index contributed by atoms with van der Waals surface area (Å²) in [6, 6.07) is 16.6. The molecule has 0 bridgehead atoms. The maximum atomic E-state index is 5.45. The summed E-state index contributed by atoms with van der Waals surface area (Å²) >= 11 is 0. The van der Waals surface area contributed by atoms with Gasteiger partial charge in [-0.25, -0.2) is 4.68 Å². The highest BCUT2D eigenvalue weighted by Crippen LogP contribution is 2.29. The zero-order valence-electron chi connectivity index (χ0n) is 19.1. The van der Waals surface area contributed by atoms with E-state index in [0.717, 1.165) is 62.0 Å². The Morgan fingerprint density at radius 2 is 1.69 bits per heavy atom. The number of methoxy groups -OCH3 is 2. The van der Waals surface area contributed by atoms with Gasteiger partial charge in [0.25, 0.3) is 0 Å². The van der Waals surface area contributed by atoms with Crippen LogP contribution in [0.1, 0.15) is 29.9 Å². The molecule has 0 aliphatic carbocycles. The Kier molecular flexibility index (Phi) is 7.34. The number of hydrogen-bond donors (Lipinski definition) is 0. The summed E-state index contributed by atoms with van der Waals surface area (Å²) in [5.41, 5.74) is 2.37. The van der Waals surface area contributed by atoms with Gasteiger partial charge in [-0.3, -0.25) is 4.90 Å². The van der Waals surface area contributed by atoms with Crippen molar-refractivity contribution in [1.29, 1.82) is 0 Å². The molecule has 1 saturated heterocycles. The van der Waals surface area contributed by atoms with Crippen molar-refractivity contribution in [3.05, 3.63) is 65.5 Å². The van der Waals surface area contributed by atoms with Gasteiger partial charge in [0.1, 0.15) is 0 Å². The topological polar surface area (TPSA) is 68.5 Å². The van der Waals surface area contributed by atoms with Gasteiger partial charge in [-0.05, 0) is 46.7 Å². The monoisotopic (exact) mass is 436 g/mol. The molecule has 170 valence electrons. The lowest BCUT2D eigenvalue weighted by Crippen LogP contribution is -2.48. The van der Waals surface area contributed by atoms with Gasteiger partial charge in [-0.15, -0.1) is 5.10 Å². The summed E-state index contributed by atoms with van der Waals surface area (Å²) in [5, 5.41) is 12.9. The number of hydrogen-bond acceptors (Lipinski definition) is 7. The maximum Gasteiger partial charge on any atom is 0.173 e. The van der Waals surface area contributed by atoms with E-state index in [-0.39, 0.29) is 6.04 Å². The molecule has 1 atom stereocenters. The number of aromatic nitrogens is 4. The Balaban J connectivity index is 1.56. The van der Waals surface area contributed by atoms with Gasteiger partial charge in [0.2, 0.25) is 0 Å². The second-order valence-corrected chi connectivity index (χ2v) is 7.98. The summed E-state index contributed by atoms with van der Waals surface area (Å²) in [6.45, 7) is 8.12.